The lowest BCUT2D eigenvalue weighted by molar-refractivity contribution is -0.121. The Balaban J connectivity index is 1.75. The van der Waals surface area contributed by atoms with Crippen molar-refractivity contribution in [3.63, 3.8) is 0 Å². The van der Waals surface area contributed by atoms with Crippen LogP contribution in [0.5, 0.6) is 0 Å². The van der Waals surface area contributed by atoms with Crippen LogP contribution in [0.4, 0.5) is 10.2 Å². The van der Waals surface area contributed by atoms with Crippen molar-refractivity contribution in [1.82, 2.24) is 9.78 Å². The Hall–Kier alpha value is -3.28. The van der Waals surface area contributed by atoms with Gasteiger partial charge in [0.1, 0.15) is 11.6 Å². The van der Waals surface area contributed by atoms with Crippen LogP contribution >= 0.6 is 0 Å². The minimum atomic E-state index is -0.459. The van der Waals surface area contributed by atoms with Crippen molar-refractivity contribution in [3.05, 3.63) is 81.9 Å². The highest BCUT2D eigenvalue weighted by atomic mass is 19.1. The lowest BCUT2D eigenvalue weighted by atomic mass is 9.70. The number of Topliss-reactive ketones (excluding diaryl/α,β-unsaturated/α-hetero) is 1. The Morgan fingerprint density at radius 3 is 2.46 bits per heavy atom. The highest BCUT2D eigenvalue weighted by molar-refractivity contribution is 6.10. The number of aromatic amines is 1. The highest BCUT2D eigenvalue weighted by Crippen LogP contribution is 2.43. The van der Waals surface area contributed by atoms with Crippen molar-refractivity contribution in [2.75, 3.05) is 0 Å². The molecular formula is C22H18FN3O2. The predicted octanol–water partition coefficient (Wildman–Crippen LogP) is 3.89. The number of carbonyl (C=O) groups excluding carboxylic acids is 1. The molecule has 5 rings (SSSR count). The molecular weight excluding hydrogens is 357 g/mol. The number of rotatable bonds is 2. The zero-order chi connectivity index (χ0) is 19.3. The van der Waals surface area contributed by atoms with Gasteiger partial charge in [-0.1, -0.05) is 30.3 Å². The maximum absolute atomic E-state index is 13.5. The number of hydrogen-bond donors (Lipinski definition) is 1. The molecule has 2 aliphatic rings. The predicted molar refractivity (Wildman–Crippen MR) is 104 cm³/mol. The quantitative estimate of drug-likeness (QED) is 0.738. The fourth-order valence-electron chi connectivity index (χ4n) is 4.35. The maximum Gasteiger partial charge on any atom is 0.277 e. The topological polar surface area (TPSA) is 67.2 Å². The van der Waals surface area contributed by atoms with Crippen LogP contribution in [0.3, 0.4) is 0 Å². The SMILES string of the molecule is O=C1CCCC2=Nc3[nH]n(-c4ccccc4)c(=O)c3[C@@H](c3ccc(F)cc3)C12. The van der Waals surface area contributed by atoms with Crippen molar-refractivity contribution in [2.45, 2.75) is 25.2 Å². The van der Waals surface area contributed by atoms with E-state index in [1.165, 1.54) is 16.8 Å². The molecule has 1 unspecified atom stereocenters. The number of carbonyl (C=O) groups is 1. The van der Waals surface area contributed by atoms with E-state index in [1.54, 1.807) is 12.1 Å². The van der Waals surface area contributed by atoms with Crippen molar-refractivity contribution in [3.8, 4) is 5.69 Å². The molecule has 3 aromatic rings. The van der Waals surface area contributed by atoms with Crippen molar-refractivity contribution in [1.29, 1.82) is 0 Å². The molecule has 6 heteroatoms. The first-order valence-corrected chi connectivity index (χ1v) is 9.39. The van der Waals surface area contributed by atoms with Crippen LogP contribution < -0.4 is 5.56 Å². The van der Waals surface area contributed by atoms with Gasteiger partial charge in [-0.25, -0.2) is 14.1 Å². The van der Waals surface area contributed by atoms with Gasteiger partial charge in [0.25, 0.3) is 5.56 Å². The van der Waals surface area contributed by atoms with Crippen LogP contribution in [0.25, 0.3) is 5.69 Å². The summed E-state index contributed by atoms with van der Waals surface area (Å²) in [4.78, 5) is 30.8. The van der Waals surface area contributed by atoms with Crippen molar-refractivity contribution in [2.24, 2.45) is 10.9 Å². The Morgan fingerprint density at radius 2 is 1.71 bits per heavy atom. The van der Waals surface area contributed by atoms with E-state index in [9.17, 15) is 14.0 Å². The minimum Gasteiger partial charge on any atom is -0.299 e. The zero-order valence-corrected chi connectivity index (χ0v) is 15.1. The van der Waals surface area contributed by atoms with Crippen LogP contribution in [-0.2, 0) is 4.79 Å². The molecule has 2 aromatic carbocycles. The van der Waals surface area contributed by atoms with E-state index in [1.807, 2.05) is 30.3 Å². The number of nitrogens with zero attached hydrogens (tertiary/aromatic N) is 2. The van der Waals surface area contributed by atoms with Crippen molar-refractivity contribution >= 4 is 17.3 Å². The van der Waals surface area contributed by atoms with Gasteiger partial charge in [0.05, 0.1) is 17.2 Å². The fraction of sp³-hybridized carbons (Fsp3) is 0.227. The molecule has 0 radical (unpaired) electrons. The second kappa shape index (κ2) is 6.41. The molecule has 1 fully saturated rings. The summed E-state index contributed by atoms with van der Waals surface area (Å²) in [6.07, 6.45) is 1.98. The normalized spacial score (nSPS) is 21.0. The standard InChI is InChI=1S/C22H18FN3O2/c23-14-11-9-13(10-12-14)18-19-16(7-4-8-17(19)27)24-21-20(18)22(28)26(25-21)15-5-2-1-3-6-15/h1-3,5-6,9-12,18-19,25H,4,7-8H2/t18-,19?/m0/s1. The van der Waals surface area contributed by atoms with Gasteiger partial charge in [0.2, 0.25) is 0 Å². The molecule has 1 saturated carbocycles. The molecule has 1 N–H and O–H groups in total. The van der Waals surface area contributed by atoms with Gasteiger partial charge in [-0.15, -0.1) is 0 Å². The second-order valence-corrected chi connectivity index (χ2v) is 7.28. The molecule has 2 heterocycles. The van der Waals surface area contributed by atoms with E-state index in [0.717, 1.165) is 24.1 Å². The van der Waals surface area contributed by atoms with Crippen LogP contribution in [0.15, 0.2) is 64.4 Å². The fourth-order valence-corrected chi connectivity index (χ4v) is 4.35. The van der Waals surface area contributed by atoms with E-state index in [4.69, 9.17) is 0 Å². The van der Waals surface area contributed by atoms with Crippen LogP contribution in [0.1, 0.15) is 36.3 Å². The second-order valence-electron chi connectivity index (χ2n) is 7.28. The number of para-hydroxylation sites is 1. The smallest absolute Gasteiger partial charge is 0.277 e. The maximum atomic E-state index is 13.5. The largest absolute Gasteiger partial charge is 0.299 e. The third-order valence-corrected chi connectivity index (χ3v) is 5.61. The number of H-pyrrole nitrogens is 1. The first kappa shape index (κ1) is 16.9. The third-order valence-electron chi connectivity index (χ3n) is 5.61. The van der Waals surface area contributed by atoms with Gasteiger partial charge in [0, 0.05) is 18.1 Å². The first-order valence-electron chi connectivity index (χ1n) is 9.39. The van der Waals surface area contributed by atoms with E-state index in [2.05, 4.69) is 10.1 Å². The van der Waals surface area contributed by atoms with Gasteiger partial charge < -0.3 is 0 Å². The number of aliphatic imine (C=N–C) groups is 1. The Morgan fingerprint density at radius 1 is 0.964 bits per heavy atom. The Labute approximate surface area is 160 Å². The summed E-state index contributed by atoms with van der Waals surface area (Å²) < 4.78 is 15.0. The van der Waals surface area contributed by atoms with E-state index in [0.29, 0.717) is 23.5 Å². The van der Waals surface area contributed by atoms with Gasteiger partial charge in [0.15, 0.2) is 5.82 Å². The van der Waals surface area contributed by atoms with E-state index >= 15 is 0 Å². The summed E-state index contributed by atoms with van der Waals surface area (Å²) in [6.45, 7) is 0. The highest BCUT2D eigenvalue weighted by Gasteiger charge is 2.43. The lowest BCUT2D eigenvalue weighted by Gasteiger charge is -2.33. The Kier molecular flexibility index (Phi) is 3.86. The zero-order valence-electron chi connectivity index (χ0n) is 15.1. The van der Waals surface area contributed by atoms with Gasteiger partial charge in [-0.2, -0.15) is 0 Å². The first-order chi connectivity index (χ1) is 13.6. The number of ketones is 1. The minimum absolute atomic E-state index is 0.0943. The van der Waals surface area contributed by atoms with Crippen LogP contribution in [0.2, 0.25) is 0 Å². The number of fused-ring (bicyclic) bond motifs is 2. The van der Waals surface area contributed by atoms with Gasteiger partial charge in [-0.05, 0) is 42.7 Å². The average molecular weight is 375 g/mol. The number of aromatic nitrogens is 2. The molecule has 0 bridgehead atoms. The van der Waals surface area contributed by atoms with Crippen LogP contribution in [-0.4, -0.2) is 21.3 Å². The molecule has 1 aliphatic heterocycles. The molecule has 0 saturated heterocycles. The molecule has 5 nitrogen and oxygen atoms in total. The summed E-state index contributed by atoms with van der Waals surface area (Å²) >= 11 is 0. The molecule has 28 heavy (non-hydrogen) atoms. The van der Waals surface area contributed by atoms with E-state index < -0.39 is 11.8 Å². The lowest BCUT2D eigenvalue weighted by Crippen LogP contribution is -2.38. The van der Waals surface area contributed by atoms with Gasteiger partial charge in [-0.3, -0.25) is 14.7 Å². The molecule has 2 atom stereocenters. The molecule has 140 valence electrons. The molecule has 0 spiro atoms. The number of benzene rings is 2. The number of hydrogen-bond acceptors (Lipinski definition) is 3. The van der Waals surface area contributed by atoms with Crippen LogP contribution in [0, 0.1) is 11.7 Å². The van der Waals surface area contributed by atoms with E-state index in [-0.39, 0.29) is 17.2 Å². The molecule has 1 aliphatic carbocycles. The summed E-state index contributed by atoms with van der Waals surface area (Å²) in [5.74, 6) is -0.676. The summed E-state index contributed by atoms with van der Waals surface area (Å²) in [5, 5.41) is 3.11. The number of nitrogens with one attached hydrogen (secondary N) is 1. The average Bonchev–Trinajstić information content (AvgIpc) is 3.04. The summed E-state index contributed by atoms with van der Waals surface area (Å²) in [6, 6.07) is 15.3. The summed E-state index contributed by atoms with van der Waals surface area (Å²) in [5.41, 5.74) is 2.51. The molecule has 0 amide bonds. The third kappa shape index (κ3) is 2.56. The molecule has 1 aromatic heterocycles. The summed E-state index contributed by atoms with van der Waals surface area (Å²) in [7, 11) is 0. The van der Waals surface area contributed by atoms with Crippen molar-refractivity contribution < 1.29 is 9.18 Å². The monoisotopic (exact) mass is 375 g/mol. The van der Waals surface area contributed by atoms with Gasteiger partial charge >= 0.3 is 0 Å². The Bertz CT molecular complexity index is 1140. The number of halogens is 1.